The molecule has 0 unspecified atom stereocenters. The molecule has 0 atom stereocenters. The first-order chi connectivity index (χ1) is 12.3. The van der Waals surface area contributed by atoms with E-state index in [1.54, 1.807) is 30.2 Å². The first-order valence-electron chi connectivity index (χ1n) is 7.78. The number of fused-ring (bicyclic) bond motifs is 1. The molecule has 1 aromatic carbocycles. The maximum Gasteiger partial charge on any atom is 0.237 e. The van der Waals surface area contributed by atoms with Gasteiger partial charge in [0.25, 0.3) is 0 Å². The Kier molecular flexibility index (Phi) is 4.82. The molecule has 0 aliphatic carbocycles. The number of rotatable bonds is 7. The third kappa shape index (κ3) is 3.46. The number of thiophene rings is 1. The van der Waals surface area contributed by atoms with Crippen LogP contribution < -0.4 is 0 Å². The Morgan fingerprint density at radius 3 is 2.96 bits per heavy atom. The number of ether oxygens (including phenoxy) is 1. The topological polar surface area (TPSA) is 66.0 Å². The van der Waals surface area contributed by atoms with Crippen LogP contribution >= 0.6 is 23.1 Å². The number of nitrogens with zero attached hydrogens (tertiary/aromatic N) is 4. The van der Waals surface area contributed by atoms with E-state index in [4.69, 9.17) is 14.2 Å². The van der Waals surface area contributed by atoms with Gasteiger partial charge < -0.3 is 13.8 Å². The molecule has 8 heteroatoms. The van der Waals surface area contributed by atoms with Crippen molar-refractivity contribution in [2.75, 3.05) is 13.7 Å². The van der Waals surface area contributed by atoms with Crippen LogP contribution in [0.15, 0.2) is 51.5 Å². The lowest BCUT2D eigenvalue weighted by Gasteiger charge is -2.07. The summed E-state index contributed by atoms with van der Waals surface area (Å²) in [6.45, 7) is 1.39. The molecule has 0 N–H and O–H groups in total. The van der Waals surface area contributed by atoms with Crippen molar-refractivity contribution in [2.45, 2.75) is 17.5 Å². The minimum atomic E-state index is 0.578. The molecule has 0 aliphatic heterocycles. The van der Waals surface area contributed by atoms with Gasteiger partial charge in [-0.3, -0.25) is 0 Å². The number of methoxy groups -OCH3 is 1. The minimum absolute atomic E-state index is 0.578. The predicted octanol–water partition coefficient (Wildman–Crippen LogP) is 4.09. The average molecular weight is 372 g/mol. The summed E-state index contributed by atoms with van der Waals surface area (Å²) in [4.78, 5) is 10.2. The number of hydrogen-bond donors (Lipinski definition) is 0. The van der Waals surface area contributed by atoms with Crippen LogP contribution in [0.2, 0.25) is 0 Å². The molecule has 0 amide bonds. The second kappa shape index (κ2) is 7.38. The third-order valence-corrected chi connectivity index (χ3v) is 5.50. The van der Waals surface area contributed by atoms with Gasteiger partial charge in [-0.25, -0.2) is 4.98 Å². The molecule has 6 nitrogen and oxygen atoms in total. The standard InChI is InChI=1S/C17H16N4O2S2/c1-22-9-8-21-13-6-3-2-5-12(13)18-17(21)25-11-15-19-16(20-23-15)14-7-4-10-24-14/h2-7,10H,8-9,11H2,1H3. The highest BCUT2D eigenvalue weighted by Gasteiger charge is 2.14. The Morgan fingerprint density at radius 2 is 2.12 bits per heavy atom. The molecular weight excluding hydrogens is 356 g/mol. The van der Waals surface area contributed by atoms with Gasteiger partial charge in [0.05, 0.1) is 28.3 Å². The summed E-state index contributed by atoms with van der Waals surface area (Å²) in [5, 5.41) is 6.97. The van der Waals surface area contributed by atoms with Crippen LogP contribution in [0.4, 0.5) is 0 Å². The fourth-order valence-corrected chi connectivity index (χ4v) is 4.04. The Labute approximate surface area is 152 Å². The quantitative estimate of drug-likeness (QED) is 0.455. The van der Waals surface area contributed by atoms with Crippen molar-refractivity contribution >= 4 is 34.1 Å². The summed E-state index contributed by atoms with van der Waals surface area (Å²) < 4.78 is 12.8. The van der Waals surface area contributed by atoms with Gasteiger partial charge in [-0.1, -0.05) is 35.1 Å². The molecule has 0 aliphatic rings. The van der Waals surface area contributed by atoms with Gasteiger partial charge in [0.2, 0.25) is 11.7 Å². The molecule has 0 saturated heterocycles. The van der Waals surface area contributed by atoms with Crippen LogP contribution in [0.25, 0.3) is 21.7 Å². The van der Waals surface area contributed by atoms with E-state index in [-0.39, 0.29) is 0 Å². The van der Waals surface area contributed by atoms with Gasteiger partial charge in [-0.2, -0.15) is 4.98 Å². The van der Waals surface area contributed by atoms with Gasteiger partial charge in [-0.05, 0) is 23.6 Å². The molecule has 128 valence electrons. The van der Waals surface area contributed by atoms with E-state index >= 15 is 0 Å². The highest BCUT2D eigenvalue weighted by Crippen LogP contribution is 2.28. The Hall–Kier alpha value is -2.16. The van der Waals surface area contributed by atoms with E-state index in [9.17, 15) is 0 Å². The van der Waals surface area contributed by atoms with E-state index in [1.165, 1.54) is 0 Å². The van der Waals surface area contributed by atoms with Crippen LogP contribution in [0.5, 0.6) is 0 Å². The summed E-state index contributed by atoms with van der Waals surface area (Å²) >= 11 is 3.19. The summed E-state index contributed by atoms with van der Waals surface area (Å²) in [6.07, 6.45) is 0. The average Bonchev–Trinajstić information content (AvgIpc) is 3.36. The molecule has 4 aromatic rings. The molecule has 3 aromatic heterocycles. The van der Waals surface area contributed by atoms with Crippen LogP contribution in [-0.2, 0) is 17.0 Å². The van der Waals surface area contributed by atoms with E-state index in [2.05, 4.69) is 20.8 Å². The molecular formula is C17H16N4O2S2. The molecule has 0 saturated carbocycles. The SMILES string of the molecule is COCCn1c(SCc2nc(-c3cccs3)no2)nc2ccccc21. The summed E-state index contributed by atoms with van der Waals surface area (Å²) in [5.41, 5.74) is 2.08. The second-order valence-corrected chi connectivity index (χ2v) is 7.20. The third-order valence-electron chi connectivity index (χ3n) is 3.67. The zero-order chi connectivity index (χ0) is 17.1. The molecule has 0 radical (unpaired) electrons. The molecule has 25 heavy (non-hydrogen) atoms. The number of para-hydroxylation sites is 2. The van der Waals surface area contributed by atoms with Gasteiger partial charge in [0.15, 0.2) is 5.16 Å². The number of hydrogen-bond acceptors (Lipinski definition) is 7. The maximum atomic E-state index is 5.37. The fraction of sp³-hybridized carbons (Fsp3) is 0.235. The Bertz CT molecular complexity index is 962. The zero-order valence-corrected chi connectivity index (χ0v) is 15.2. The van der Waals surface area contributed by atoms with Gasteiger partial charge >= 0.3 is 0 Å². The van der Waals surface area contributed by atoms with E-state index in [0.717, 1.165) is 27.6 Å². The van der Waals surface area contributed by atoms with Crippen molar-refractivity contribution < 1.29 is 9.26 Å². The molecule has 0 bridgehead atoms. The van der Waals surface area contributed by atoms with Crippen molar-refractivity contribution in [1.82, 2.24) is 19.7 Å². The van der Waals surface area contributed by atoms with Crippen molar-refractivity contribution in [3.63, 3.8) is 0 Å². The lowest BCUT2D eigenvalue weighted by molar-refractivity contribution is 0.186. The van der Waals surface area contributed by atoms with Crippen molar-refractivity contribution in [2.24, 2.45) is 0 Å². The second-order valence-electron chi connectivity index (χ2n) is 5.31. The van der Waals surface area contributed by atoms with Crippen molar-refractivity contribution in [3.05, 3.63) is 47.7 Å². The Morgan fingerprint density at radius 1 is 1.20 bits per heavy atom. The molecule has 0 spiro atoms. The Balaban J connectivity index is 1.54. The molecule has 0 fully saturated rings. The fourth-order valence-electron chi connectivity index (χ4n) is 2.51. The van der Waals surface area contributed by atoms with Crippen LogP contribution in [0, 0.1) is 0 Å². The monoisotopic (exact) mass is 372 g/mol. The summed E-state index contributed by atoms with van der Waals surface area (Å²) in [6, 6.07) is 12.1. The van der Waals surface area contributed by atoms with Crippen LogP contribution in [-0.4, -0.2) is 33.4 Å². The normalized spacial score (nSPS) is 11.4. The molecule has 4 rings (SSSR count). The maximum absolute atomic E-state index is 5.37. The lowest BCUT2D eigenvalue weighted by Crippen LogP contribution is -2.05. The van der Waals surface area contributed by atoms with E-state index in [1.807, 2.05) is 35.7 Å². The van der Waals surface area contributed by atoms with Crippen molar-refractivity contribution in [3.8, 4) is 10.7 Å². The number of aromatic nitrogens is 4. The lowest BCUT2D eigenvalue weighted by atomic mass is 10.3. The van der Waals surface area contributed by atoms with Crippen LogP contribution in [0.3, 0.4) is 0 Å². The van der Waals surface area contributed by atoms with Crippen molar-refractivity contribution in [1.29, 1.82) is 0 Å². The number of thioether (sulfide) groups is 1. The van der Waals surface area contributed by atoms with E-state index < -0.39 is 0 Å². The van der Waals surface area contributed by atoms with Gasteiger partial charge in [-0.15, -0.1) is 11.3 Å². The predicted molar refractivity (Wildman–Crippen MR) is 98.8 cm³/mol. The van der Waals surface area contributed by atoms with Crippen LogP contribution in [0.1, 0.15) is 5.89 Å². The van der Waals surface area contributed by atoms with E-state index in [0.29, 0.717) is 24.1 Å². The number of imidazole rings is 1. The minimum Gasteiger partial charge on any atom is -0.383 e. The van der Waals surface area contributed by atoms with Gasteiger partial charge in [0, 0.05) is 13.7 Å². The smallest absolute Gasteiger partial charge is 0.237 e. The molecule has 3 heterocycles. The number of benzene rings is 1. The first-order valence-corrected chi connectivity index (χ1v) is 9.65. The first kappa shape index (κ1) is 16.3. The zero-order valence-electron chi connectivity index (χ0n) is 13.6. The highest BCUT2D eigenvalue weighted by atomic mass is 32.2. The largest absolute Gasteiger partial charge is 0.383 e. The van der Waals surface area contributed by atoms with Gasteiger partial charge in [0.1, 0.15) is 0 Å². The summed E-state index contributed by atoms with van der Waals surface area (Å²) in [7, 11) is 1.70. The summed E-state index contributed by atoms with van der Waals surface area (Å²) in [5.74, 6) is 1.81. The highest BCUT2D eigenvalue weighted by molar-refractivity contribution is 7.98.